The molecule has 0 atom stereocenters. The van der Waals surface area contributed by atoms with Crippen molar-refractivity contribution in [3.63, 3.8) is 0 Å². The van der Waals surface area contributed by atoms with Crippen molar-refractivity contribution >= 4 is 5.91 Å². The highest BCUT2D eigenvalue weighted by Gasteiger charge is 1.98. The Kier molecular flexibility index (Phi) is 3.73. The fourth-order valence-electron chi connectivity index (χ4n) is 0.363. The van der Waals surface area contributed by atoms with Crippen LogP contribution in [0.3, 0.4) is 0 Å². The molecule has 0 heterocycles. The summed E-state index contributed by atoms with van der Waals surface area (Å²) < 4.78 is 0. The van der Waals surface area contributed by atoms with Gasteiger partial charge in [0.05, 0.1) is 0 Å². The predicted octanol–water partition coefficient (Wildman–Crippen LogP) is 1.26. The van der Waals surface area contributed by atoms with Gasteiger partial charge in [-0.2, -0.15) is 0 Å². The lowest BCUT2D eigenvalue weighted by Gasteiger charge is -2.01. The van der Waals surface area contributed by atoms with E-state index in [2.05, 4.69) is 18.5 Å². The molecule has 0 fully saturated rings. The highest BCUT2D eigenvalue weighted by Crippen LogP contribution is 1.96. The second-order valence-corrected chi connectivity index (χ2v) is 1.93. The van der Waals surface area contributed by atoms with Crippen molar-refractivity contribution in [1.29, 1.82) is 0 Å². The van der Waals surface area contributed by atoms with E-state index in [1.807, 2.05) is 0 Å². The van der Waals surface area contributed by atoms with Crippen molar-refractivity contribution in [2.24, 2.45) is 0 Å². The number of carbonyl (C=O) groups is 1. The fourth-order valence-corrected chi connectivity index (χ4v) is 0.363. The monoisotopic (exact) mass is 153 g/mol. The molecule has 0 aromatic rings. The lowest BCUT2D eigenvalue weighted by atomic mass is 10.3. The van der Waals surface area contributed by atoms with Crippen LogP contribution in [0.1, 0.15) is 6.92 Å². The number of allylic oxidation sites excluding steroid dienone is 2. The molecule has 0 unspecified atom stereocenters. The third-order valence-electron chi connectivity index (χ3n) is 1.11. The van der Waals surface area contributed by atoms with Gasteiger partial charge in [-0.3, -0.25) is 10.1 Å². The van der Waals surface area contributed by atoms with Gasteiger partial charge in [0.1, 0.15) is 0 Å². The highest BCUT2D eigenvalue weighted by molar-refractivity contribution is 5.88. The van der Waals surface area contributed by atoms with Crippen molar-refractivity contribution in [3.05, 3.63) is 36.8 Å². The molecule has 0 saturated heterocycles. The van der Waals surface area contributed by atoms with Gasteiger partial charge in [-0.15, -0.1) is 0 Å². The van der Waals surface area contributed by atoms with Gasteiger partial charge in [-0.1, -0.05) is 19.2 Å². The summed E-state index contributed by atoms with van der Waals surface area (Å²) >= 11 is 0. The zero-order valence-corrected chi connectivity index (χ0v) is 6.42. The molecule has 0 bridgehead atoms. The number of carbonyl (C=O) groups excluding carboxylic acids is 1. The zero-order valence-electron chi connectivity index (χ0n) is 6.42. The molecule has 0 aliphatic rings. The molecule has 0 aliphatic carbocycles. The van der Waals surface area contributed by atoms with Crippen LogP contribution in [0.15, 0.2) is 36.8 Å². The summed E-state index contributed by atoms with van der Waals surface area (Å²) in [5, 5.41) is 11.2. The molecule has 60 valence electrons. The van der Waals surface area contributed by atoms with Crippen LogP contribution in [0.2, 0.25) is 0 Å². The van der Waals surface area contributed by atoms with Gasteiger partial charge < -0.3 is 5.11 Å². The van der Waals surface area contributed by atoms with Gasteiger partial charge in [0.2, 0.25) is 5.91 Å². The molecule has 0 radical (unpaired) electrons. The first kappa shape index (κ1) is 9.49. The molecule has 0 saturated carbocycles. The number of amides is 1. The normalized spacial score (nSPS) is 11.4. The Hall–Kier alpha value is -1.51. The number of rotatable bonds is 3. The maximum absolute atomic E-state index is 10.6. The Labute approximate surface area is 65.7 Å². The van der Waals surface area contributed by atoms with Gasteiger partial charge in [-0.05, 0) is 13.0 Å². The maximum Gasteiger partial charge on any atom is 0.250 e. The number of nitrogens with one attached hydrogen (secondary N) is 1. The third-order valence-corrected chi connectivity index (χ3v) is 1.11. The summed E-state index contributed by atoms with van der Waals surface area (Å²) in [6.07, 6.45) is 2.52. The minimum atomic E-state index is -0.441. The fraction of sp³-hybridized carbons (Fsp3) is 0.125. The van der Waals surface area contributed by atoms with Gasteiger partial charge in [0, 0.05) is 5.57 Å². The largest absolute Gasteiger partial charge is 0.494 e. The second kappa shape index (κ2) is 4.33. The van der Waals surface area contributed by atoms with Gasteiger partial charge in [0.15, 0.2) is 5.88 Å². The van der Waals surface area contributed by atoms with E-state index in [1.165, 1.54) is 6.08 Å². The Morgan fingerprint density at radius 2 is 2.00 bits per heavy atom. The van der Waals surface area contributed by atoms with E-state index < -0.39 is 5.91 Å². The SMILES string of the molecule is C=CC(=O)N/C(O)=C(/C)C=C. The number of aliphatic hydroxyl groups excluding tert-OH is 1. The number of hydrogen-bond donors (Lipinski definition) is 2. The molecule has 1 amide bonds. The Morgan fingerprint density at radius 3 is 2.36 bits per heavy atom. The highest BCUT2D eigenvalue weighted by atomic mass is 16.3. The smallest absolute Gasteiger partial charge is 0.250 e. The van der Waals surface area contributed by atoms with Crippen molar-refractivity contribution in [2.75, 3.05) is 0 Å². The van der Waals surface area contributed by atoms with Crippen molar-refractivity contribution < 1.29 is 9.90 Å². The van der Waals surface area contributed by atoms with Crippen LogP contribution in [0.25, 0.3) is 0 Å². The van der Waals surface area contributed by atoms with Gasteiger partial charge >= 0.3 is 0 Å². The summed E-state index contributed by atoms with van der Waals surface area (Å²) in [7, 11) is 0. The summed E-state index contributed by atoms with van der Waals surface area (Å²) in [5.41, 5.74) is 0.514. The Balaban J connectivity index is 4.27. The minimum Gasteiger partial charge on any atom is -0.494 e. The Bertz CT molecular complexity index is 216. The summed E-state index contributed by atoms with van der Waals surface area (Å²) in [6.45, 7) is 8.28. The first-order valence-electron chi connectivity index (χ1n) is 3.07. The standard InChI is InChI=1S/C8H11NO2/c1-4-6(3)8(11)9-7(10)5-2/h4-5,11H,1-2H2,3H3,(H,9,10)/b8-6+. The molecular formula is C8H11NO2. The molecular weight excluding hydrogens is 142 g/mol. The average Bonchev–Trinajstić information content (AvgIpc) is 2.02. The summed E-state index contributed by atoms with van der Waals surface area (Å²) in [5.74, 6) is -0.631. The molecule has 3 heteroatoms. The summed E-state index contributed by atoms with van der Waals surface area (Å²) in [6, 6.07) is 0. The van der Waals surface area contributed by atoms with E-state index in [-0.39, 0.29) is 5.88 Å². The zero-order chi connectivity index (χ0) is 8.85. The molecule has 0 aromatic heterocycles. The van der Waals surface area contributed by atoms with Crippen molar-refractivity contribution in [1.82, 2.24) is 5.32 Å². The predicted molar refractivity (Wildman–Crippen MR) is 43.9 cm³/mol. The quantitative estimate of drug-likeness (QED) is 0.364. The van der Waals surface area contributed by atoms with Gasteiger partial charge in [-0.25, -0.2) is 0 Å². The Morgan fingerprint density at radius 1 is 1.45 bits per heavy atom. The van der Waals surface area contributed by atoms with Crippen LogP contribution >= 0.6 is 0 Å². The topological polar surface area (TPSA) is 49.3 Å². The van der Waals surface area contributed by atoms with Crippen LogP contribution in [-0.2, 0) is 4.79 Å². The first-order valence-corrected chi connectivity index (χ1v) is 3.07. The molecule has 0 aliphatic heterocycles. The van der Waals surface area contributed by atoms with E-state index in [4.69, 9.17) is 5.11 Å². The summed E-state index contributed by atoms with van der Waals surface area (Å²) in [4.78, 5) is 10.6. The molecule has 11 heavy (non-hydrogen) atoms. The third kappa shape index (κ3) is 3.25. The van der Waals surface area contributed by atoms with E-state index in [1.54, 1.807) is 6.92 Å². The lowest BCUT2D eigenvalue weighted by Crippen LogP contribution is -2.20. The van der Waals surface area contributed by atoms with Crippen LogP contribution in [0, 0.1) is 0 Å². The number of aliphatic hydroxyl groups is 1. The lowest BCUT2D eigenvalue weighted by molar-refractivity contribution is -0.116. The van der Waals surface area contributed by atoms with E-state index >= 15 is 0 Å². The average molecular weight is 153 g/mol. The minimum absolute atomic E-state index is 0.190. The van der Waals surface area contributed by atoms with E-state index in [0.29, 0.717) is 5.57 Å². The molecule has 2 N–H and O–H groups in total. The molecule has 0 rings (SSSR count). The van der Waals surface area contributed by atoms with E-state index in [9.17, 15) is 4.79 Å². The molecule has 0 aromatic carbocycles. The first-order chi connectivity index (χ1) is 5.11. The van der Waals surface area contributed by atoms with Crippen molar-refractivity contribution in [2.45, 2.75) is 6.92 Å². The van der Waals surface area contributed by atoms with Crippen LogP contribution in [-0.4, -0.2) is 11.0 Å². The molecule has 3 nitrogen and oxygen atoms in total. The van der Waals surface area contributed by atoms with Crippen LogP contribution < -0.4 is 5.32 Å². The van der Waals surface area contributed by atoms with E-state index in [0.717, 1.165) is 6.08 Å². The molecule has 0 spiro atoms. The van der Waals surface area contributed by atoms with Crippen molar-refractivity contribution in [3.8, 4) is 0 Å². The number of hydrogen-bond acceptors (Lipinski definition) is 2. The second-order valence-electron chi connectivity index (χ2n) is 1.93. The van der Waals surface area contributed by atoms with Crippen LogP contribution in [0.5, 0.6) is 0 Å². The van der Waals surface area contributed by atoms with Crippen LogP contribution in [0.4, 0.5) is 0 Å². The van der Waals surface area contributed by atoms with Gasteiger partial charge in [0.25, 0.3) is 0 Å². The maximum atomic E-state index is 10.6.